The molecule has 0 aromatic heterocycles. The van der Waals surface area contributed by atoms with Crippen LogP contribution in [0.2, 0.25) is 0 Å². The first-order valence-corrected chi connectivity index (χ1v) is 7.84. The number of aliphatic carboxylic acids is 1. The van der Waals surface area contributed by atoms with Gasteiger partial charge in [0.1, 0.15) is 0 Å². The zero-order valence-electron chi connectivity index (χ0n) is 13.2. The Morgan fingerprint density at radius 1 is 0.958 bits per heavy atom. The first-order valence-electron chi connectivity index (χ1n) is 6.86. The van der Waals surface area contributed by atoms with Crippen LogP contribution in [0.5, 0.6) is 0 Å². The van der Waals surface area contributed by atoms with Crippen molar-refractivity contribution in [3.05, 3.63) is 54.6 Å². The summed E-state index contributed by atoms with van der Waals surface area (Å²) in [5.74, 6) is -0.678. The SMILES string of the molecule is O=C(O)CCSC(=O)Nc1ccc(N=Nc2ccccc2)cc1.[Na+]. The molecule has 0 fully saturated rings. The zero-order valence-corrected chi connectivity index (χ0v) is 16.0. The minimum Gasteiger partial charge on any atom is -0.481 e. The summed E-state index contributed by atoms with van der Waals surface area (Å²) in [6.07, 6.45) is -0.0447. The van der Waals surface area contributed by atoms with E-state index in [2.05, 4.69) is 15.5 Å². The number of hydrogen-bond acceptors (Lipinski definition) is 5. The molecular formula is C16H15N3NaO3S+. The van der Waals surface area contributed by atoms with Crippen LogP contribution in [0, 0.1) is 0 Å². The Morgan fingerprint density at radius 2 is 1.54 bits per heavy atom. The standard InChI is InChI=1S/C16H15N3O3S.Na/c20-15(21)10-11-23-16(22)17-12-6-8-14(9-7-12)19-18-13-4-2-1-3-5-13;/h1-9H,10-11H2,(H,17,22)(H,20,21);/q;+1. The van der Waals surface area contributed by atoms with Crippen molar-refractivity contribution in [1.82, 2.24) is 0 Å². The van der Waals surface area contributed by atoms with Crippen molar-refractivity contribution >= 4 is 40.0 Å². The molecule has 2 N–H and O–H groups in total. The van der Waals surface area contributed by atoms with Crippen molar-refractivity contribution in [2.75, 3.05) is 11.1 Å². The number of nitrogens with zero attached hydrogens (tertiary/aromatic N) is 2. The third kappa shape index (κ3) is 7.74. The van der Waals surface area contributed by atoms with Crippen molar-refractivity contribution in [3.63, 3.8) is 0 Å². The minimum absolute atomic E-state index is 0. The van der Waals surface area contributed by atoms with Crippen LogP contribution in [0.3, 0.4) is 0 Å². The molecule has 0 saturated heterocycles. The second-order valence-corrected chi connectivity index (χ2v) is 5.55. The quantitative estimate of drug-likeness (QED) is 0.613. The average Bonchev–Trinajstić information content (AvgIpc) is 2.55. The van der Waals surface area contributed by atoms with Gasteiger partial charge in [0.05, 0.1) is 17.8 Å². The molecule has 1 amide bonds. The first kappa shape index (κ1) is 20.4. The number of carboxylic acids is 1. The van der Waals surface area contributed by atoms with Crippen LogP contribution in [-0.2, 0) is 4.79 Å². The molecule has 0 unspecified atom stereocenters. The number of azo groups is 1. The van der Waals surface area contributed by atoms with Crippen LogP contribution in [0.4, 0.5) is 21.9 Å². The molecule has 2 rings (SSSR count). The Morgan fingerprint density at radius 3 is 2.12 bits per heavy atom. The predicted octanol–water partition coefficient (Wildman–Crippen LogP) is 1.85. The Bertz CT molecular complexity index is 693. The van der Waals surface area contributed by atoms with E-state index in [1.807, 2.05) is 30.3 Å². The van der Waals surface area contributed by atoms with Gasteiger partial charge in [0.15, 0.2) is 0 Å². The fourth-order valence-corrected chi connectivity index (χ4v) is 2.26. The van der Waals surface area contributed by atoms with Gasteiger partial charge in [-0.25, -0.2) is 0 Å². The van der Waals surface area contributed by atoms with E-state index in [1.54, 1.807) is 24.3 Å². The third-order valence-electron chi connectivity index (χ3n) is 2.70. The van der Waals surface area contributed by atoms with Gasteiger partial charge < -0.3 is 10.4 Å². The fourth-order valence-electron chi connectivity index (χ4n) is 1.61. The number of rotatable bonds is 6. The van der Waals surface area contributed by atoms with E-state index in [9.17, 15) is 9.59 Å². The number of amides is 1. The maximum absolute atomic E-state index is 11.6. The molecule has 0 heterocycles. The van der Waals surface area contributed by atoms with E-state index in [0.29, 0.717) is 11.4 Å². The monoisotopic (exact) mass is 352 g/mol. The topological polar surface area (TPSA) is 91.1 Å². The van der Waals surface area contributed by atoms with Crippen molar-refractivity contribution < 1.29 is 44.3 Å². The summed E-state index contributed by atoms with van der Waals surface area (Å²) in [5.41, 5.74) is 2.06. The van der Waals surface area contributed by atoms with Gasteiger partial charge in [-0.1, -0.05) is 30.0 Å². The van der Waals surface area contributed by atoms with Crippen molar-refractivity contribution in [3.8, 4) is 0 Å². The molecular weight excluding hydrogens is 337 g/mol. The number of carbonyl (C=O) groups excluding carboxylic acids is 1. The molecule has 0 atom stereocenters. The van der Waals surface area contributed by atoms with E-state index in [4.69, 9.17) is 5.11 Å². The molecule has 2 aromatic rings. The Kier molecular flexibility index (Phi) is 9.33. The second kappa shape index (κ2) is 11.0. The summed E-state index contributed by atoms with van der Waals surface area (Å²) < 4.78 is 0. The number of benzene rings is 2. The summed E-state index contributed by atoms with van der Waals surface area (Å²) in [5, 5.41) is 19.1. The molecule has 0 aliphatic heterocycles. The van der Waals surface area contributed by atoms with Gasteiger partial charge in [0.2, 0.25) is 0 Å². The van der Waals surface area contributed by atoms with E-state index in [1.165, 1.54) is 0 Å². The van der Waals surface area contributed by atoms with Crippen molar-refractivity contribution in [1.29, 1.82) is 0 Å². The van der Waals surface area contributed by atoms with Gasteiger partial charge in [-0.3, -0.25) is 9.59 Å². The molecule has 8 heteroatoms. The predicted molar refractivity (Wildman–Crippen MR) is 90.8 cm³/mol. The molecule has 0 saturated carbocycles. The number of carboxylic acid groups (broad SMARTS) is 1. The van der Waals surface area contributed by atoms with Gasteiger partial charge in [0.25, 0.3) is 5.24 Å². The molecule has 0 bridgehead atoms. The summed E-state index contributed by atoms with van der Waals surface area (Å²) in [4.78, 5) is 22.0. The van der Waals surface area contributed by atoms with Crippen LogP contribution in [0.15, 0.2) is 64.8 Å². The minimum atomic E-state index is -0.918. The van der Waals surface area contributed by atoms with Gasteiger partial charge in [-0.15, -0.1) is 0 Å². The maximum atomic E-state index is 11.6. The van der Waals surface area contributed by atoms with E-state index >= 15 is 0 Å². The smallest absolute Gasteiger partial charge is 0.481 e. The van der Waals surface area contributed by atoms with E-state index in [-0.39, 0.29) is 47.0 Å². The van der Waals surface area contributed by atoms with Crippen LogP contribution >= 0.6 is 11.8 Å². The van der Waals surface area contributed by atoms with Crippen LogP contribution in [-0.4, -0.2) is 22.1 Å². The van der Waals surface area contributed by atoms with Crippen LogP contribution in [0.1, 0.15) is 6.42 Å². The van der Waals surface area contributed by atoms with E-state index < -0.39 is 5.97 Å². The number of thioether (sulfide) groups is 1. The first-order chi connectivity index (χ1) is 11.1. The molecule has 0 aliphatic carbocycles. The normalized spacial score (nSPS) is 10.2. The number of hydrogen-bond donors (Lipinski definition) is 2. The fraction of sp³-hybridized carbons (Fsp3) is 0.125. The molecule has 24 heavy (non-hydrogen) atoms. The Labute approximate surface area is 166 Å². The Hall–Kier alpha value is -1.67. The van der Waals surface area contributed by atoms with Gasteiger partial charge in [-0.2, -0.15) is 10.2 Å². The summed E-state index contributed by atoms with van der Waals surface area (Å²) in [7, 11) is 0. The number of carbonyl (C=O) groups is 2. The largest absolute Gasteiger partial charge is 1.00 e. The molecule has 0 aliphatic rings. The molecule has 2 aromatic carbocycles. The van der Waals surface area contributed by atoms with E-state index in [0.717, 1.165) is 17.4 Å². The average molecular weight is 352 g/mol. The van der Waals surface area contributed by atoms with Crippen LogP contribution < -0.4 is 34.9 Å². The summed E-state index contributed by atoms with van der Waals surface area (Å²) in [6.45, 7) is 0. The third-order valence-corrected chi connectivity index (χ3v) is 3.47. The van der Waals surface area contributed by atoms with Crippen molar-refractivity contribution in [2.45, 2.75) is 6.42 Å². The molecule has 6 nitrogen and oxygen atoms in total. The molecule has 118 valence electrons. The van der Waals surface area contributed by atoms with Gasteiger partial charge in [-0.05, 0) is 36.4 Å². The second-order valence-electron chi connectivity index (χ2n) is 4.49. The Balaban J connectivity index is 0.00000288. The zero-order chi connectivity index (χ0) is 16.5. The summed E-state index contributed by atoms with van der Waals surface area (Å²) in [6, 6.07) is 16.3. The molecule has 0 radical (unpaired) electrons. The summed E-state index contributed by atoms with van der Waals surface area (Å²) >= 11 is 0.939. The maximum Gasteiger partial charge on any atom is 1.00 e. The van der Waals surface area contributed by atoms with Gasteiger partial charge in [0, 0.05) is 11.4 Å². The number of nitrogens with one attached hydrogen (secondary N) is 1. The molecule has 0 spiro atoms. The van der Waals surface area contributed by atoms with Gasteiger partial charge >= 0.3 is 35.5 Å². The number of anilines is 1. The van der Waals surface area contributed by atoms with Crippen molar-refractivity contribution in [2.24, 2.45) is 10.2 Å². The van der Waals surface area contributed by atoms with Crippen LogP contribution in [0.25, 0.3) is 0 Å².